The Morgan fingerprint density at radius 2 is 2.12 bits per heavy atom. The first-order valence-electron chi connectivity index (χ1n) is 5.96. The molecule has 1 aromatic carbocycles. The Bertz CT molecular complexity index is 504. The summed E-state index contributed by atoms with van der Waals surface area (Å²) < 4.78 is 2.55. The lowest BCUT2D eigenvalue weighted by molar-refractivity contribution is 0.459. The predicted octanol–water partition coefficient (Wildman–Crippen LogP) is 4.97. The van der Waals surface area contributed by atoms with Crippen LogP contribution in [0.2, 0.25) is 0 Å². The van der Waals surface area contributed by atoms with Gasteiger partial charge in [-0.2, -0.15) is 0 Å². The van der Waals surface area contributed by atoms with Crippen LogP contribution in [0.3, 0.4) is 0 Å². The first kappa shape index (κ1) is 13.1. The molecule has 1 unspecified atom stereocenters. The summed E-state index contributed by atoms with van der Waals surface area (Å²) in [4.78, 5) is 0. The van der Waals surface area contributed by atoms with E-state index in [0.29, 0.717) is 12.0 Å². The van der Waals surface area contributed by atoms with Crippen molar-refractivity contribution in [2.45, 2.75) is 26.3 Å². The summed E-state index contributed by atoms with van der Waals surface area (Å²) in [6.45, 7) is 4.55. The Balaban J connectivity index is 2.44. The van der Waals surface area contributed by atoms with Crippen molar-refractivity contribution >= 4 is 37.4 Å². The van der Waals surface area contributed by atoms with Crippen molar-refractivity contribution < 1.29 is 0 Å². The minimum atomic E-state index is 0.457. The van der Waals surface area contributed by atoms with Gasteiger partial charge >= 0.3 is 0 Å². The minimum Gasteiger partial charge on any atom is -0.313 e. The number of halogens is 1. The minimum absolute atomic E-state index is 0.457. The first-order chi connectivity index (χ1) is 8.13. The van der Waals surface area contributed by atoms with Crippen molar-refractivity contribution in [1.82, 2.24) is 5.32 Å². The molecule has 0 aliphatic heterocycles. The summed E-state index contributed by atoms with van der Waals surface area (Å²) in [5, 5.41) is 7.11. The molecule has 1 heterocycles. The third kappa shape index (κ3) is 2.72. The zero-order chi connectivity index (χ0) is 12.4. The van der Waals surface area contributed by atoms with Crippen LogP contribution in [0.1, 0.15) is 31.9 Å². The normalized spacial score (nSPS) is 13.5. The Labute approximate surface area is 115 Å². The molecule has 0 fully saturated rings. The van der Waals surface area contributed by atoms with Gasteiger partial charge in [0, 0.05) is 15.2 Å². The number of rotatable bonds is 4. The number of hydrogen-bond acceptors (Lipinski definition) is 2. The highest BCUT2D eigenvalue weighted by molar-refractivity contribution is 9.10. The fourth-order valence-corrected chi connectivity index (χ4v) is 3.86. The van der Waals surface area contributed by atoms with Crippen LogP contribution in [0.4, 0.5) is 0 Å². The molecule has 0 aliphatic carbocycles. The zero-order valence-corrected chi connectivity index (χ0v) is 12.9. The zero-order valence-electron chi connectivity index (χ0n) is 10.5. The van der Waals surface area contributed by atoms with Crippen LogP contribution in [0.15, 0.2) is 28.1 Å². The standard InChI is InChI=1S/C14H18BrNS/c1-9(2)7-13(16-3)11-8-17-14-10(11)5-4-6-12(14)15/h4-6,8-9,13,16H,7H2,1-3H3. The van der Waals surface area contributed by atoms with Gasteiger partial charge in [-0.15, -0.1) is 11.3 Å². The second kappa shape index (κ2) is 5.51. The second-order valence-electron chi connectivity index (χ2n) is 4.78. The SMILES string of the molecule is CNC(CC(C)C)c1csc2c(Br)cccc12. The van der Waals surface area contributed by atoms with Gasteiger partial charge in [0.15, 0.2) is 0 Å². The summed E-state index contributed by atoms with van der Waals surface area (Å²) in [6.07, 6.45) is 1.18. The molecule has 1 N–H and O–H groups in total. The third-order valence-corrected chi connectivity index (χ3v) is 4.98. The van der Waals surface area contributed by atoms with E-state index in [1.54, 1.807) is 0 Å². The van der Waals surface area contributed by atoms with Gasteiger partial charge in [-0.05, 0) is 57.7 Å². The highest BCUT2D eigenvalue weighted by atomic mass is 79.9. The molecule has 17 heavy (non-hydrogen) atoms. The molecule has 1 nitrogen and oxygen atoms in total. The molecule has 0 saturated heterocycles. The van der Waals surface area contributed by atoms with Gasteiger partial charge in [-0.1, -0.05) is 26.0 Å². The Hall–Kier alpha value is -0.380. The highest BCUT2D eigenvalue weighted by Crippen LogP contribution is 2.36. The molecule has 0 aliphatic rings. The van der Waals surface area contributed by atoms with Gasteiger partial charge in [0.1, 0.15) is 0 Å². The van der Waals surface area contributed by atoms with Crippen LogP contribution >= 0.6 is 27.3 Å². The highest BCUT2D eigenvalue weighted by Gasteiger charge is 2.16. The average molecular weight is 312 g/mol. The van der Waals surface area contributed by atoms with Crippen molar-refractivity contribution in [1.29, 1.82) is 0 Å². The fourth-order valence-electron chi connectivity index (χ4n) is 2.18. The number of thiophene rings is 1. The molecule has 1 aromatic heterocycles. The van der Waals surface area contributed by atoms with E-state index in [1.165, 1.54) is 26.5 Å². The average Bonchev–Trinajstić information content (AvgIpc) is 2.71. The van der Waals surface area contributed by atoms with E-state index in [0.717, 1.165) is 0 Å². The lowest BCUT2D eigenvalue weighted by atomic mass is 9.97. The number of benzene rings is 1. The molecule has 0 spiro atoms. The van der Waals surface area contributed by atoms with Crippen molar-refractivity contribution in [2.24, 2.45) is 5.92 Å². The first-order valence-corrected chi connectivity index (χ1v) is 7.63. The van der Waals surface area contributed by atoms with E-state index in [-0.39, 0.29) is 0 Å². The van der Waals surface area contributed by atoms with E-state index in [2.05, 4.69) is 65.7 Å². The van der Waals surface area contributed by atoms with Crippen LogP contribution in [0, 0.1) is 5.92 Å². The van der Waals surface area contributed by atoms with Crippen LogP contribution in [-0.2, 0) is 0 Å². The number of nitrogens with one attached hydrogen (secondary N) is 1. The summed E-state index contributed by atoms with van der Waals surface area (Å²) in [7, 11) is 2.05. The van der Waals surface area contributed by atoms with Crippen LogP contribution in [-0.4, -0.2) is 7.05 Å². The third-order valence-electron chi connectivity index (χ3n) is 3.01. The lowest BCUT2D eigenvalue weighted by Gasteiger charge is -2.18. The van der Waals surface area contributed by atoms with E-state index >= 15 is 0 Å². The molecular formula is C14H18BrNS. The topological polar surface area (TPSA) is 12.0 Å². The monoisotopic (exact) mass is 311 g/mol. The van der Waals surface area contributed by atoms with Gasteiger partial charge in [0.2, 0.25) is 0 Å². The molecule has 0 bridgehead atoms. The molecule has 92 valence electrons. The summed E-state index contributed by atoms with van der Waals surface area (Å²) >= 11 is 5.45. The van der Waals surface area contributed by atoms with Crippen molar-refractivity contribution in [2.75, 3.05) is 7.05 Å². The number of hydrogen-bond donors (Lipinski definition) is 1. The van der Waals surface area contributed by atoms with E-state index in [1.807, 2.05) is 11.3 Å². The smallest absolute Gasteiger partial charge is 0.0488 e. The van der Waals surface area contributed by atoms with Gasteiger partial charge in [-0.25, -0.2) is 0 Å². The maximum atomic E-state index is 3.62. The molecule has 3 heteroatoms. The van der Waals surface area contributed by atoms with E-state index in [9.17, 15) is 0 Å². The van der Waals surface area contributed by atoms with Crippen molar-refractivity contribution in [3.63, 3.8) is 0 Å². The largest absolute Gasteiger partial charge is 0.313 e. The Kier molecular flexibility index (Phi) is 4.23. The van der Waals surface area contributed by atoms with Gasteiger partial charge < -0.3 is 5.32 Å². The van der Waals surface area contributed by atoms with E-state index < -0.39 is 0 Å². The Morgan fingerprint density at radius 1 is 1.35 bits per heavy atom. The van der Waals surface area contributed by atoms with Gasteiger partial charge in [-0.3, -0.25) is 0 Å². The Morgan fingerprint density at radius 3 is 2.76 bits per heavy atom. The lowest BCUT2D eigenvalue weighted by Crippen LogP contribution is -2.17. The quantitative estimate of drug-likeness (QED) is 0.840. The summed E-state index contributed by atoms with van der Waals surface area (Å²) in [6, 6.07) is 6.90. The summed E-state index contributed by atoms with van der Waals surface area (Å²) in [5.74, 6) is 0.703. The molecule has 2 rings (SSSR count). The van der Waals surface area contributed by atoms with Gasteiger partial charge in [0.05, 0.1) is 0 Å². The number of fused-ring (bicyclic) bond motifs is 1. The van der Waals surface area contributed by atoms with Gasteiger partial charge in [0.25, 0.3) is 0 Å². The summed E-state index contributed by atoms with van der Waals surface area (Å²) in [5.41, 5.74) is 1.43. The van der Waals surface area contributed by atoms with Crippen molar-refractivity contribution in [3.8, 4) is 0 Å². The maximum Gasteiger partial charge on any atom is 0.0488 e. The van der Waals surface area contributed by atoms with Crippen LogP contribution < -0.4 is 5.32 Å². The van der Waals surface area contributed by atoms with Crippen LogP contribution in [0.25, 0.3) is 10.1 Å². The van der Waals surface area contributed by atoms with Crippen LogP contribution in [0.5, 0.6) is 0 Å². The molecular weight excluding hydrogens is 294 g/mol. The molecule has 0 amide bonds. The molecule has 1 atom stereocenters. The fraction of sp³-hybridized carbons (Fsp3) is 0.429. The van der Waals surface area contributed by atoms with Crippen molar-refractivity contribution in [3.05, 3.63) is 33.6 Å². The molecule has 0 radical (unpaired) electrons. The second-order valence-corrected chi connectivity index (χ2v) is 6.51. The maximum absolute atomic E-state index is 3.62. The molecule has 2 aromatic rings. The predicted molar refractivity (Wildman–Crippen MR) is 80.8 cm³/mol. The molecule has 0 saturated carbocycles. The van der Waals surface area contributed by atoms with E-state index in [4.69, 9.17) is 0 Å².